The summed E-state index contributed by atoms with van der Waals surface area (Å²) in [6.45, 7) is 0.150. The van der Waals surface area contributed by atoms with Gasteiger partial charge in [-0.3, -0.25) is 9.59 Å². The lowest BCUT2D eigenvalue weighted by atomic mass is 10.0. The number of carbonyl (C=O) groups excluding carboxylic acids is 2. The SMILES string of the molecule is O=C(NC1CCCC1)C(c1ccc(F)cc1)N(Cc1ccco1)C(=O)Cc1cccs1. The fourth-order valence-electron chi connectivity index (χ4n) is 4.03. The number of hydrogen-bond acceptors (Lipinski definition) is 4. The van der Waals surface area contributed by atoms with E-state index in [1.807, 2.05) is 17.5 Å². The highest BCUT2D eigenvalue weighted by atomic mass is 32.1. The van der Waals surface area contributed by atoms with Crippen molar-refractivity contribution >= 4 is 23.2 Å². The maximum absolute atomic E-state index is 13.6. The third kappa shape index (κ3) is 5.41. The van der Waals surface area contributed by atoms with Gasteiger partial charge >= 0.3 is 0 Å². The van der Waals surface area contributed by atoms with Crippen molar-refractivity contribution in [2.24, 2.45) is 0 Å². The first kappa shape index (κ1) is 21.3. The number of rotatable bonds is 8. The highest BCUT2D eigenvalue weighted by molar-refractivity contribution is 7.10. The molecule has 1 fully saturated rings. The van der Waals surface area contributed by atoms with E-state index in [2.05, 4.69) is 5.32 Å². The molecule has 0 aliphatic heterocycles. The summed E-state index contributed by atoms with van der Waals surface area (Å²) >= 11 is 1.50. The lowest BCUT2D eigenvalue weighted by molar-refractivity contribution is -0.141. The minimum Gasteiger partial charge on any atom is -0.467 e. The standard InChI is InChI=1S/C24H25FN2O3S/c25-18-11-9-17(10-12-18)23(24(29)26-19-5-1-2-6-19)27(16-20-7-3-13-30-20)22(28)15-21-8-4-14-31-21/h3-4,7-14,19,23H,1-2,5-6,15-16H2,(H,26,29). The number of nitrogens with zero attached hydrogens (tertiary/aromatic N) is 1. The Kier molecular flexibility index (Phi) is 6.82. The van der Waals surface area contributed by atoms with Crippen LogP contribution >= 0.6 is 11.3 Å². The third-order valence-corrected chi connectivity index (χ3v) is 6.46. The van der Waals surface area contributed by atoms with Gasteiger partial charge in [0.15, 0.2) is 0 Å². The van der Waals surface area contributed by atoms with Crippen molar-refractivity contribution in [2.75, 3.05) is 0 Å². The van der Waals surface area contributed by atoms with Crippen LogP contribution in [0.25, 0.3) is 0 Å². The average Bonchev–Trinajstić information content (AvgIpc) is 3.53. The molecule has 1 N–H and O–H groups in total. The van der Waals surface area contributed by atoms with Crippen LogP contribution in [0.15, 0.2) is 64.6 Å². The Labute approximate surface area is 184 Å². The molecule has 1 aliphatic carbocycles. The molecule has 5 nitrogen and oxygen atoms in total. The van der Waals surface area contributed by atoms with E-state index in [1.165, 1.54) is 28.4 Å². The molecule has 0 bridgehead atoms. The molecule has 1 unspecified atom stereocenters. The van der Waals surface area contributed by atoms with Gasteiger partial charge in [-0.15, -0.1) is 11.3 Å². The van der Waals surface area contributed by atoms with Crippen molar-refractivity contribution in [1.82, 2.24) is 10.2 Å². The zero-order chi connectivity index (χ0) is 21.6. The normalized spacial score (nSPS) is 15.0. The van der Waals surface area contributed by atoms with Crippen molar-refractivity contribution in [3.8, 4) is 0 Å². The molecule has 0 spiro atoms. The fourth-order valence-corrected chi connectivity index (χ4v) is 4.72. The first-order valence-electron chi connectivity index (χ1n) is 10.5. The van der Waals surface area contributed by atoms with Crippen LogP contribution in [-0.2, 0) is 22.6 Å². The second kappa shape index (κ2) is 9.92. The number of halogens is 1. The van der Waals surface area contributed by atoms with E-state index in [0.29, 0.717) is 11.3 Å². The summed E-state index contributed by atoms with van der Waals surface area (Å²) in [4.78, 5) is 29.3. The smallest absolute Gasteiger partial charge is 0.247 e. The van der Waals surface area contributed by atoms with Crippen LogP contribution in [0.3, 0.4) is 0 Å². The number of hydrogen-bond donors (Lipinski definition) is 1. The van der Waals surface area contributed by atoms with Crippen LogP contribution in [0.1, 0.15) is 47.9 Å². The summed E-state index contributed by atoms with van der Waals surface area (Å²) in [7, 11) is 0. The van der Waals surface area contributed by atoms with Crippen LogP contribution < -0.4 is 5.32 Å². The molecular formula is C24H25FN2O3S. The Morgan fingerprint density at radius 2 is 1.90 bits per heavy atom. The van der Waals surface area contributed by atoms with Gasteiger partial charge in [-0.05, 0) is 54.1 Å². The van der Waals surface area contributed by atoms with Gasteiger partial charge in [0, 0.05) is 10.9 Å². The van der Waals surface area contributed by atoms with Crippen molar-refractivity contribution < 1.29 is 18.4 Å². The van der Waals surface area contributed by atoms with Crippen LogP contribution in [-0.4, -0.2) is 22.8 Å². The number of nitrogens with one attached hydrogen (secondary N) is 1. The lowest BCUT2D eigenvalue weighted by Gasteiger charge is -2.31. The van der Waals surface area contributed by atoms with E-state index in [9.17, 15) is 14.0 Å². The summed E-state index contributed by atoms with van der Waals surface area (Å²) in [5.41, 5.74) is 0.572. The molecule has 2 aromatic heterocycles. The molecule has 31 heavy (non-hydrogen) atoms. The average molecular weight is 441 g/mol. The number of thiophene rings is 1. The van der Waals surface area contributed by atoms with Gasteiger partial charge in [-0.1, -0.05) is 31.0 Å². The van der Waals surface area contributed by atoms with Crippen LogP contribution in [0.5, 0.6) is 0 Å². The summed E-state index contributed by atoms with van der Waals surface area (Å²) in [6, 6.07) is 12.3. The summed E-state index contributed by atoms with van der Waals surface area (Å²) in [5, 5.41) is 5.03. The molecule has 2 heterocycles. The molecule has 3 aromatic rings. The monoisotopic (exact) mass is 440 g/mol. The van der Waals surface area contributed by atoms with Crippen LogP contribution in [0.4, 0.5) is 4.39 Å². The quantitative estimate of drug-likeness (QED) is 0.545. The molecule has 4 rings (SSSR count). The van der Waals surface area contributed by atoms with Gasteiger partial charge in [0.1, 0.15) is 17.6 Å². The second-order valence-electron chi connectivity index (χ2n) is 7.80. The summed E-state index contributed by atoms with van der Waals surface area (Å²) in [6.07, 6.45) is 5.76. The van der Waals surface area contributed by atoms with E-state index in [4.69, 9.17) is 4.42 Å². The fraction of sp³-hybridized carbons (Fsp3) is 0.333. The largest absolute Gasteiger partial charge is 0.467 e. The molecule has 162 valence electrons. The van der Waals surface area contributed by atoms with Gasteiger partial charge < -0.3 is 14.6 Å². The maximum atomic E-state index is 13.6. The Hall–Kier alpha value is -2.93. The number of benzene rings is 1. The molecule has 7 heteroatoms. The van der Waals surface area contributed by atoms with Gasteiger partial charge in [0.25, 0.3) is 0 Å². The first-order valence-corrected chi connectivity index (χ1v) is 11.4. The highest BCUT2D eigenvalue weighted by Crippen LogP contribution is 2.27. The Bertz CT molecular complexity index is 981. The van der Waals surface area contributed by atoms with E-state index >= 15 is 0 Å². The predicted octanol–water partition coefficient (Wildman–Crippen LogP) is 4.85. The number of amides is 2. The molecule has 1 aliphatic rings. The molecule has 1 aromatic carbocycles. The second-order valence-corrected chi connectivity index (χ2v) is 8.83. The highest BCUT2D eigenvalue weighted by Gasteiger charge is 2.33. The van der Waals surface area contributed by atoms with Crippen molar-refractivity contribution in [3.63, 3.8) is 0 Å². The maximum Gasteiger partial charge on any atom is 0.247 e. The first-order chi connectivity index (χ1) is 15.1. The Balaban J connectivity index is 1.67. The van der Waals surface area contributed by atoms with Crippen molar-refractivity contribution in [2.45, 2.75) is 50.7 Å². The Morgan fingerprint density at radius 1 is 1.13 bits per heavy atom. The van der Waals surface area contributed by atoms with Crippen LogP contribution in [0.2, 0.25) is 0 Å². The van der Waals surface area contributed by atoms with Crippen molar-refractivity contribution in [1.29, 1.82) is 0 Å². The van der Waals surface area contributed by atoms with Crippen molar-refractivity contribution in [3.05, 3.63) is 82.2 Å². The van der Waals surface area contributed by atoms with Gasteiger partial charge in [0.2, 0.25) is 11.8 Å². The molecule has 1 saturated carbocycles. The molecule has 1 atom stereocenters. The molecule has 0 radical (unpaired) electrons. The van der Waals surface area contributed by atoms with E-state index in [1.54, 1.807) is 30.5 Å². The lowest BCUT2D eigenvalue weighted by Crippen LogP contribution is -2.46. The van der Waals surface area contributed by atoms with Gasteiger partial charge in [0.05, 0.1) is 19.2 Å². The molecule has 0 saturated heterocycles. The van der Waals surface area contributed by atoms with E-state index in [-0.39, 0.29) is 36.6 Å². The topological polar surface area (TPSA) is 62.6 Å². The molecular weight excluding hydrogens is 415 g/mol. The van der Waals surface area contributed by atoms with E-state index in [0.717, 1.165) is 30.6 Å². The zero-order valence-corrected chi connectivity index (χ0v) is 17.9. The minimum absolute atomic E-state index is 0.105. The Morgan fingerprint density at radius 3 is 2.55 bits per heavy atom. The van der Waals surface area contributed by atoms with Gasteiger partial charge in [-0.25, -0.2) is 4.39 Å². The third-order valence-electron chi connectivity index (χ3n) is 5.58. The number of furan rings is 1. The van der Waals surface area contributed by atoms with Crippen LogP contribution in [0, 0.1) is 5.82 Å². The predicted molar refractivity (Wildman–Crippen MR) is 117 cm³/mol. The summed E-state index contributed by atoms with van der Waals surface area (Å²) < 4.78 is 19.1. The van der Waals surface area contributed by atoms with Gasteiger partial charge in [-0.2, -0.15) is 0 Å². The minimum atomic E-state index is -0.876. The zero-order valence-electron chi connectivity index (χ0n) is 17.1. The summed E-state index contributed by atoms with van der Waals surface area (Å²) in [5.74, 6) is -0.235. The van der Waals surface area contributed by atoms with E-state index < -0.39 is 6.04 Å². The number of carbonyl (C=O) groups is 2. The molecule has 2 amide bonds.